The number of hydrogen-bond acceptors (Lipinski definition) is 2. The second kappa shape index (κ2) is 4.51. The summed E-state index contributed by atoms with van der Waals surface area (Å²) in [5, 5.41) is 0. The lowest BCUT2D eigenvalue weighted by Crippen LogP contribution is -2.24. The van der Waals surface area contributed by atoms with Crippen molar-refractivity contribution >= 4 is 11.9 Å². The highest BCUT2D eigenvalue weighted by molar-refractivity contribution is 8.01. The Kier molecular flexibility index (Phi) is 3.01. The van der Waals surface area contributed by atoms with Crippen LogP contribution in [0.25, 0.3) is 0 Å². The molecule has 17 heavy (non-hydrogen) atoms. The van der Waals surface area contributed by atoms with Crippen LogP contribution in [0.15, 0.2) is 29.2 Å². The van der Waals surface area contributed by atoms with Gasteiger partial charge >= 0.3 is 0 Å². The lowest BCUT2D eigenvalue weighted by molar-refractivity contribution is 0.350. The van der Waals surface area contributed by atoms with Crippen molar-refractivity contribution in [2.75, 3.05) is 6.54 Å². The molecule has 1 heterocycles. The summed E-state index contributed by atoms with van der Waals surface area (Å²) in [5.74, 6) is 0. The minimum absolute atomic E-state index is 0.623. The summed E-state index contributed by atoms with van der Waals surface area (Å²) < 4.78 is 2.55. The Morgan fingerprint density at radius 1 is 1.29 bits per heavy atom. The molecule has 1 unspecified atom stereocenters. The van der Waals surface area contributed by atoms with E-state index in [-0.39, 0.29) is 0 Å². The van der Waals surface area contributed by atoms with Crippen molar-refractivity contribution in [2.24, 2.45) is 0 Å². The van der Waals surface area contributed by atoms with E-state index in [2.05, 4.69) is 42.4 Å². The zero-order valence-corrected chi connectivity index (χ0v) is 11.4. The molecule has 0 N–H and O–H groups in total. The van der Waals surface area contributed by atoms with E-state index in [0.29, 0.717) is 6.04 Å². The molecule has 0 aromatic heterocycles. The lowest BCUT2D eigenvalue weighted by atomic mass is 9.86. The molecule has 1 aromatic carbocycles. The second-order valence-corrected chi connectivity index (χ2v) is 6.41. The molecule has 0 fully saturated rings. The standard InChI is InChI=1S/C15H19NS/c1-11-6-7-13-4-3-5-15(14(13)10-11)16-9-8-12(2)17-16/h6-8,10,15H,3-5,9H2,1-2H3. The van der Waals surface area contributed by atoms with E-state index in [1.54, 1.807) is 11.1 Å². The highest BCUT2D eigenvalue weighted by Crippen LogP contribution is 2.42. The van der Waals surface area contributed by atoms with Gasteiger partial charge in [0.15, 0.2) is 0 Å². The fourth-order valence-electron chi connectivity index (χ4n) is 2.86. The van der Waals surface area contributed by atoms with Gasteiger partial charge in [-0.25, -0.2) is 4.31 Å². The molecular formula is C15H19NS. The van der Waals surface area contributed by atoms with Crippen LogP contribution < -0.4 is 0 Å². The molecule has 1 atom stereocenters. The van der Waals surface area contributed by atoms with E-state index in [1.807, 2.05) is 11.9 Å². The minimum Gasteiger partial charge on any atom is -0.235 e. The van der Waals surface area contributed by atoms with Crippen LogP contribution in [0, 0.1) is 6.92 Å². The molecule has 0 bridgehead atoms. The van der Waals surface area contributed by atoms with E-state index >= 15 is 0 Å². The number of nitrogens with zero attached hydrogens (tertiary/aromatic N) is 1. The first kappa shape index (κ1) is 11.4. The van der Waals surface area contributed by atoms with Crippen molar-refractivity contribution in [3.8, 4) is 0 Å². The normalized spacial score (nSPS) is 24.6. The Labute approximate surface area is 108 Å². The highest BCUT2D eigenvalue weighted by atomic mass is 32.2. The number of aryl methyl sites for hydroxylation is 2. The zero-order valence-electron chi connectivity index (χ0n) is 10.6. The maximum Gasteiger partial charge on any atom is 0.0461 e. The third-order valence-corrected chi connectivity index (χ3v) is 4.84. The average molecular weight is 245 g/mol. The topological polar surface area (TPSA) is 3.24 Å². The fraction of sp³-hybridized carbons (Fsp3) is 0.467. The lowest BCUT2D eigenvalue weighted by Gasteiger charge is -2.32. The third kappa shape index (κ3) is 2.16. The molecule has 0 saturated carbocycles. The van der Waals surface area contributed by atoms with Gasteiger partial charge in [-0.15, -0.1) is 0 Å². The van der Waals surface area contributed by atoms with E-state index in [4.69, 9.17) is 0 Å². The largest absolute Gasteiger partial charge is 0.235 e. The molecule has 90 valence electrons. The van der Waals surface area contributed by atoms with Crippen molar-refractivity contribution in [2.45, 2.75) is 39.2 Å². The first-order valence-electron chi connectivity index (χ1n) is 6.45. The van der Waals surface area contributed by atoms with Gasteiger partial charge in [0.25, 0.3) is 0 Å². The quantitative estimate of drug-likeness (QED) is 0.681. The van der Waals surface area contributed by atoms with Crippen molar-refractivity contribution in [3.05, 3.63) is 45.9 Å². The number of rotatable bonds is 1. The molecule has 2 aliphatic rings. The van der Waals surface area contributed by atoms with Gasteiger partial charge < -0.3 is 0 Å². The second-order valence-electron chi connectivity index (χ2n) is 5.12. The fourth-order valence-corrected chi connectivity index (χ4v) is 3.88. The van der Waals surface area contributed by atoms with E-state index in [9.17, 15) is 0 Å². The monoisotopic (exact) mass is 245 g/mol. The van der Waals surface area contributed by atoms with Crippen molar-refractivity contribution in [3.63, 3.8) is 0 Å². The van der Waals surface area contributed by atoms with Crippen LogP contribution in [0.1, 0.15) is 42.5 Å². The summed E-state index contributed by atoms with van der Waals surface area (Å²) in [7, 11) is 0. The maximum atomic E-state index is 2.55. The predicted molar refractivity (Wildman–Crippen MR) is 74.9 cm³/mol. The van der Waals surface area contributed by atoms with Crippen LogP contribution >= 0.6 is 11.9 Å². The van der Waals surface area contributed by atoms with Gasteiger partial charge in [0, 0.05) is 12.6 Å². The van der Waals surface area contributed by atoms with E-state index in [1.165, 1.54) is 29.7 Å². The summed E-state index contributed by atoms with van der Waals surface area (Å²) >= 11 is 1.94. The molecule has 0 amide bonds. The van der Waals surface area contributed by atoms with Crippen LogP contribution in [0.3, 0.4) is 0 Å². The Morgan fingerprint density at radius 2 is 2.18 bits per heavy atom. The zero-order chi connectivity index (χ0) is 11.8. The van der Waals surface area contributed by atoms with Gasteiger partial charge in [0.1, 0.15) is 0 Å². The molecule has 1 nitrogen and oxygen atoms in total. The van der Waals surface area contributed by atoms with Crippen LogP contribution in [0.2, 0.25) is 0 Å². The van der Waals surface area contributed by atoms with Crippen LogP contribution in [0.5, 0.6) is 0 Å². The number of benzene rings is 1. The molecule has 1 aliphatic carbocycles. The molecule has 0 saturated heterocycles. The molecular weight excluding hydrogens is 226 g/mol. The van der Waals surface area contributed by atoms with Gasteiger partial charge in [-0.3, -0.25) is 0 Å². The van der Waals surface area contributed by atoms with Crippen LogP contribution in [-0.4, -0.2) is 10.8 Å². The number of fused-ring (bicyclic) bond motifs is 1. The minimum atomic E-state index is 0.623. The van der Waals surface area contributed by atoms with Gasteiger partial charge in [0.2, 0.25) is 0 Å². The Hall–Kier alpha value is -0.730. The molecule has 3 rings (SSSR count). The number of allylic oxidation sites excluding steroid dienone is 1. The first-order valence-corrected chi connectivity index (χ1v) is 7.22. The molecule has 1 aromatic rings. The van der Waals surface area contributed by atoms with E-state index in [0.717, 1.165) is 6.54 Å². The van der Waals surface area contributed by atoms with Crippen molar-refractivity contribution < 1.29 is 0 Å². The van der Waals surface area contributed by atoms with Crippen LogP contribution in [-0.2, 0) is 6.42 Å². The van der Waals surface area contributed by atoms with E-state index < -0.39 is 0 Å². The SMILES string of the molecule is CC1=CCN(C2CCCc3ccc(C)cc32)S1. The smallest absolute Gasteiger partial charge is 0.0461 e. The van der Waals surface area contributed by atoms with Gasteiger partial charge in [-0.05, 0) is 61.1 Å². The molecule has 2 heteroatoms. The Morgan fingerprint density at radius 3 is 2.94 bits per heavy atom. The molecule has 0 radical (unpaired) electrons. The van der Waals surface area contributed by atoms with Gasteiger partial charge in [0.05, 0.1) is 0 Å². The van der Waals surface area contributed by atoms with Crippen molar-refractivity contribution in [1.82, 2.24) is 4.31 Å². The summed E-state index contributed by atoms with van der Waals surface area (Å²) in [4.78, 5) is 1.45. The van der Waals surface area contributed by atoms with Gasteiger partial charge in [-0.2, -0.15) is 0 Å². The Bertz CT molecular complexity index is 464. The third-order valence-electron chi connectivity index (χ3n) is 3.75. The average Bonchev–Trinajstić information content (AvgIpc) is 2.75. The van der Waals surface area contributed by atoms with Crippen molar-refractivity contribution in [1.29, 1.82) is 0 Å². The molecule has 0 spiro atoms. The highest BCUT2D eigenvalue weighted by Gasteiger charge is 2.28. The predicted octanol–water partition coefficient (Wildman–Crippen LogP) is 4.24. The van der Waals surface area contributed by atoms with Gasteiger partial charge in [-0.1, -0.05) is 29.8 Å². The Balaban J connectivity index is 1.91. The van der Waals surface area contributed by atoms with Crippen LogP contribution in [0.4, 0.5) is 0 Å². The summed E-state index contributed by atoms with van der Waals surface area (Å²) in [6.45, 7) is 5.52. The summed E-state index contributed by atoms with van der Waals surface area (Å²) in [6, 6.07) is 7.60. The first-order chi connectivity index (χ1) is 8.24. The molecule has 1 aliphatic heterocycles. The summed E-state index contributed by atoms with van der Waals surface area (Å²) in [6.07, 6.45) is 6.24. The maximum absolute atomic E-state index is 2.55. The number of hydrogen-bond donors (Lipinski definition) is 0. The summed E-state index contributed by atoms with van der Waals surface area (Å²) in [5.41, 5.74) is 4.54.